The molecule has 0 atom stereocenters. The van der Waals surface area contributed by atoms with E-state index in [2.05, 4.69) is 32.3 Å². The van der Waals surface area contributed by atoms with Gasteiger partial charge < -0.3 is 10.1 Å². The first-order chi connectivity index (χ1) is 9.74. The van der Waals surface area contributed by atoms with Gasteiger partial charge >= 0.3 is 0 Å². The second kappa shape index (κ2) is 5.88. The summed E-state index contributed by atoms with van der Waals surface area (Å²) >= 11 is 9.80. The highest BCUT2D eigenvalue weighted by Gasteiger charge is 2.32. The lowest BCUT2D eigenvalue weighted by Crippen LogP contribution is -2.45. The van der Waals surface area contributed by atoms with Crippen LogP contribution in [0, 0.1) is 0 Å². The Labute approximate surface area is 131 Å². The Morgan fingerprint density at radius 3 is 2.80 bits per heavy atom. The van der Waals surface area contributed by atoms with Gasteiger partial charge in [-0.25, -0.2) is 4.98 Å². The number of ether oxygens (including phenoxy) is 1. The summed E-state index contributed by atoms with van der Waals surface area (Å²) in [5.41, 5.74) is -0.122. The molecule has 5 heteroatoms. The smallest absolute Gasteiger partial charge is 0.134 e. The molecule has 1 fully saturated rings. The van der Waals surface area contributed by atoms with Crippen LogP contribution in [-0.2, 0) is 4.74 Å². The van der Waals surface area contributed by atoms with Crippen LogP contribution in [0.25, 0.3) is 10.8 Å². The summed E-state index contributed by atoms with van der Waals surface area (Å²) in [4.78, 5) is 4.50. The molecule has 0 radical (unpaired) electrons. The molecule has 3 rings (SSSR count). The van der Waals surface area contributed by atoms with Crippen molar-refractivity contribution in [2.24, 2.45) is 0 Å². The van der Waals surface area contributed by atoms with Gasteiger partial charge in [-0.15, -0.1) is 11.6 Å². The number of nitrogens with zero attached hydrogens (tertiary/aromatic N) is 1. The zero-order valence-corrected chi connectivity index (χ0v) is 13.4. The van der Waals surface area contributed by atoms with Gasteiger partial charge in [-0.05, 0) is 25.0 Å². The second-order valence-electron chi connectivity index (χ2n) is 5.15. The maximum Gasteiger partial charge on any atom is 0.134 e. The Balaban J connectivity index is 2.00. The van der Waals surface area contributed by atoms with Crippen molar-refractivity contribution >= 4 is 44.1 Å². The first-order valence-corrected chi connectivity index (χ1v) is 8.02. The van der Waals surface area contributed by atoms with Crippen LogP contribution in [0.2, 0.25) is 0 Å². The van der Waals surface area contributed by atoms with Crippen molar-refractivity contribution in [3.8, 4) is 0 Å². The van der Waals surface area contributed by atoms with E-state index in [0.29, 0.717) is 5.88 Å². The third-order valence-corrected chi connectivity index (χ3v) is 5.05. The fraction of sp³-hybridized carbons (Fsp3) is 0.400. The van der Waals surface area contributed by atoms with Crippen LogP contribution < -0.4 is 5.32 Å². The number of hydrogen-bond acceptors (Lipinski definition) is 3. The number of aromatic nitrogens is 1. The van der Waals surface area contributed by atoms with Crippen LogP contribution in [0.3, 0.4) is 0 Å². The van der Waals surface area contributed by atoms with E-state index in [-0.39, 0.29) is 5.54 Å². The SMILES string of the molecule is ClCC1(Nc2nccc3c(Br)cccc23)CCOCC1. The lowest BCUT2D eigenvalue weighted by atomic mass is 9.92. The summed E-state index contributed by atoms with van der Waals surface area (Å²) in [5, 5.41) is 5.83. The molecule has 0 saturated carbocycles. The van der Waals surface area contributed by atoms with E-state index in [1.807, 2.05) is 24.4 Å². The van der Waals surface area contributed by atoms with Crippen molar-refractivity contribution in [3.63, 3.8) is 0 Å². The molecule has 1 aromatic heterocycles. The van der Waals surface area contributed by atoms with E-state index in [4.69, 9.17) is 16.3 Å². The first-order valence-electron chi connectivity index (χ1n) is 6.69. The van der Waals surface area contributed by atoms with Crippen LogP contribution in [0.15, 0.2) is 34.9 Å². The van der Waals surface area contributed by atoms with Crippen LogP contribution in [-0.4, -0.2) is 29.6 Å². The minimum atomic E-state index is -0.122. The predicted molar refractivity (Wildman–Crippen MR) is 86.6 cm³/mol. The van der Waals surface area contributed by atoms with Crippen molar-refractivity contribution in [1.29, 1.82) is 0 Å². The minimum Gasteiger partial charge on any atom is -0.381 e. The van der Waals surface area contributed by atoms with E-state index in [0.717, 1.165) is 47.1 Å². The summed E-state index contributed by atoms with van der Waals surface area (Å²) in [7, 11) is 0. The number of alkyl halides is 1. The number of hydrogen-bond donors (Lipinski definition) is 1. The van der Waals surface area contributed by atoms with Gasteiger partial charge in [0.1, 0.15) is 5.82 Å². The fourth-order valence-corrected chi connectivity index (χ4v) is 3.41. The number of anilines is 1. The Morgan fingerprint density at radius 1 is 1.25 bits per heavy atom. The van der Waals surface area contributed by atoms with Gasteiger partial charge in [-0.3, -0.25) is 0 Å². The lowest BCUT2D eigenvalue weighted by Gasteiger charge is -2.37. The molecule has 0 bridgehead atoms. The second-order valence-corrected chi connectivity index (χ2v) is 6.27. The van der Waals surface area contributed by atoms with Crippen molar-refractivity contribution < 1.29 is 4.74 Å². The number of fused-ring (bicyclic) bond motifs is 1. The van der Waals surface area contributed by atoms with Gasteiger partial charge in [0.25, 0.3) is 0 Å². The Bertz CT molecular complexity index is 614. The van der Waals surface area contributed by atoms with Crippen LogP contribution >= 0.6 is 27.5 Å². The third-order valence-electron chi connectivity index (χ3n) is 3.84. The number of nitrogens with one attached hydrogen (secondary N) is 1. The van der Waals surface area contributed by atoms with E-state index < -0.39 is 0 Å². The van der Waals surface area contributed by atoms with Gasteiger partial charge in [0.15, 0.2) is 0 Å². The molecule has 2 heterocycles. The van der Waals surface area contributed by atoms with Crippen molar-refractivity contribution in [3.05, 3.63) is 34.9 Å². The number of halogens is 2. The number of benzene rings is 1. The molecular formula is C15H16BrClN2O. The van der Waals surface area contributed by atoms with Crippen LogP contribution in [0.4, 0.5) is 5.82 Å². The van der Waals surface area contributed by atoms with Gasteiger partial charge in [0.2, 0.25) is 0 Å². The van der Waals surface area contributed by atoms with Crippen molar-refractivity contribution in [1.82, 2.24) is 4.98 Å². The number of pyridine rings is 1. The summed E-state index contributed by atoms with van der Waals surface area (Å²) in [6.07, 6.45) is 3.64. The molecule has 3 nitrogen and oxygen atoms in total. The molecule has 1 aliphatic rings. The summed E-state index contributed by atoms with van der Waals surface area (Å²) in [6, 6.07) is 8.16. The summed E-state index contributed by atoms with van der Waals surface area (Å²) in [6.45, 7) is 1.49. The Kier molecular flexibility index (Phi) is 4.15. The predicted octanol–water partition coefficient (Wildman–Crippen LogP) is 4.20. The number of rotatable bonds is 3. The van der Waals surface area contributed by atoms with Gasteiger partial charge in [0, 0.05) is 40.5 Å². The average Bonchev–Trinajstić information content (AvgIpc) is 2.49. The minimum absolute atomic E-state index is 0.122. The zero-order valence-electron chi connectivity index (χ0n) is 11.0. The maximum absolute atomic E-state index is 6.21. The highest BCUT2D eigenvalue weighted by molar-refractivity contribution is 9.10. The topological polar surface area (TPSA) is 34.2 Å². The van der Waals surface area contributed by atoms with Crippen LogP contribution in [0.5, 0.6) is 0 Å². The lowest BCUT2D eigenvalue weighted by molar-refractivity contribution is 0.0667. The molecule has 2 aromatic rings. The molecule has 0 unspecified atom stereocenters. The molecule has 1 aliphatic heterocycles. The van der Waals surface area contributed by atoms with E-state index in [1.165, 1.54) is 0 Å². The largest absolute Gasteiger partial charge is 0.381 e. The zero-order chi connectivity index (χ0) is 14.0. The first kappa shape index (κ1) is 14.1. The normalized spacial score (nSPS) is 18.1. The molecule has 1 N–H and O–H groups in total. The molecule has 0 aliphatic carbocycles. The summed E-state index contributed by atoms with van der Waals surface area (Å²) < 4.78 is 6.52. The fourth-order valence-electron chi connectivity index (χ4n) is 2.57. The standard InChI is InChI=1S/C15H16BrClN2O/c16-13-3-1-2-12-11(13)4-7-18-14(12)19-15(10-17)5-8-20-9-6-15/h1-4,7H,5-6,8-10H2,(H,18,19). The van der Waals surface area contributed by atoms with E-state index in [1.54, 1.807) is 0 Å². The average molecular weight is 356 g/mol. The Morgan fingerprint density at radius 2 is 2.05 bits per heavy atom. The summed E-state index contributed by atoms with van der Waals surface area (Å²) in [5.74, 6) is 1.45. The van der Waals surface area contributed by atoms with Crippen LogP contribution in [0.1, 0.15) is 12.8 Å². The maximum atomic E-state index is 6.21. The molecule has 20 heavy (non-hydrogen) atoms. The molecular weight excluding hydrogens is 340 g/mol. The Hall–Kier alpha value is -0.840. The molecule has 106 valence electrons. The monoisotopic (exact) mass is 354 g/mol. The van der Waals surface area contributed by atoms with E-state index in [9.17, 15) is 0 Å². The van der Waals surface area contributed by atoms with E-state index >= 15 is 0 Å². The molecule has 0 amide bonds. The molecule has 1 aromatic carbocycles. The molecule has 0 spiro atoms. The quantitative estimate of drug-likeness (QED) is 0.838. The van der Waals surface area contributed by atoms with Gasteiger partial charge in [-0.1, -0.05) is 28.1 Å². The van der Waals surface area contributed by atoms with Crippen molar-refractivity contribution in [2.45, 2.75) is 18.4 Å². The van der Waals surface area contributed by atoms with Gasteiger partial charge in [-0.2, -0.15) is 0 Å². The third kappa shape index (κ3) is 2.65. The highest BCUT2D eigenvalue weighted by Crippen LogP contribution is 2.32. The highest BCUT2D eigenvalue weighted by atomic mass is 79.9. The molecule has 1 saturated heterocycles. The van der Waals surface area contributed by atoms with Gasteiger partial charge in [0.05, 0.1) is 5.54 Å². The van der Waals surface area contributed by atoms with Crippen molar-refractivity contribution in [2.75, 3.05) is 24.4 Å².